The predicted molar refractivity (Wildman–Crippen MR) is 146 cm³/mol. The minimum Gasteiger partial charge on any atom is -0.422 e. The van der Waals surface area contributed by atoms with E-state index in [0.717, 1.165) is 15.7 Å². The smallest absolute Gasteiger partial charge is 0.344 e. The van der Waals surface area contributed by atoms with E-state index in [4.69, 9.17) is 16.3 Å². The summed E-state index contributed by atoms with van der Waals surface area (Å²) in [5.74, 6) is -1.55. The molecule has 0 bridgehead atoms. The topological polar surface area (TPSA) is 63.7 Å². The lowest BCUT2D eigenvalue weighted by molar-refractivity contribution is -0.123. The van der Waals surface area contributed by atoms with E-state index < -0.39 is 22.9 Å². The molecule has 4 aromatic rings. The normalized spacial score (nSPS) is 14.6. The highest BCUT2D eigenvalue weighted by atomic mass is 79.9. The van der Waals surface area contributed by atoms with Crippen molar-refractivity contribution in [2.45, 2.75) is 6.54 Å². The molecule has 1 fully saturated rings. The Bertz CT molecular complexity index is 1600. The van der Waals surface area contributed by atoms with Gasteiger partial charge in [0, 0.05) is 20.6 Å². The van der Waals surface area contributed by atoms with Crippen molar-refractivity contribution in [3.63, 3.8) is 0 Å². The second-order valence-corrected chi connectivity index (χ2v) is 10.4. The molecule has 9 heteroatoms. The summed E-state index contributed by atoms with van der Waals surface area (Å²) < 4.78 is 20.7. The molecule has 37 heavy (non-hydrogen) atoms. The molecule has 1 saturated heterocycles. The van der Waals surface area contributed by atoms with E-state index in [-0.39, 0.29) is 27.8 Å². The van der Waals surface area contributed by atoms with Crippen LogP contribution in [0.15, 0.2) is 88.2 Å². The molecule has 0 aliphatic carbocycles. The van der Waals surface area contributed by atoms with E-state index in [0.29, 0.717) is 27.4 Å². The van der Waals surface area contributed by atoms with Crippen LogP contribution in [0.5, 0.6) is 5.75 Å². The number of ether oxygens (including phenoxy) is 1. The van der Waals surface area contributed by atoms with Crippen LogP contribution in [0.3, 0.4) is 0 Å². The Labute approximate surface area is 229 Å². The zero-order valence-corrected chi connectivity index (χ0v) is 22.1. The van der Waals surface area contributed by atoms with E-state index in [1.165, 1.54) is 24.3 Å². The van der Waals surface area contributed by atoms with Crippen LogP contribution in [0.4, 0.5) is 9.18 Å². The summed E-state index contributed by atoms with van der Waals surface area (Å²) >= 11 is 10.2. The average Bonchev–Trinajstić information content (AvgIpc) is 3.14. The average molecular weight is 597 g/mol. The number of hydrogen-bond donors (Lipinski definition) is 0. The molecule has 1 aliphatic rings. The Morgan fingerprint density at radius 2 is 1.78 bits per heavy atom. The summed E-state index contributed by atoms with van der Waals surface area (Å²) in [4.78, 5) is 39.8. The minimum atomic E-state index is -0.606. The Morgan fingerprint density at radius 3 is 2.59 bits per heavy atom. The third-order valence-corrected chi connectivity index (χ3v) is 7.48. The number of esters is 1. The van der Waals surface area contributed by atoms with Crippen LogP contribution in [0.2, 0.25) is 5.02 Å². The second-order valence-electron chi connectivity index (χ2n) is 8.07. The Morgan fingerprint density at radius 1 is 1.03 bits per heavy atom. The standard InChI is InChI=1S/C28H16BrClFNO4S/c29-18-11-12-24(36-27(34)20-8-3-6-16-5-1-2-7-19(16)20)17(13-18)14-25-26(33)32(28(35)37-25)15-21-22(30)9-4-10-23(21)31/h1-14H,15H2/b25-14-. The van der Waals surface area contributed by atoms with Crippen LogP contribution in [0.25, 0.3) is 16.8 Å². The first-order valence-electron chi connectivity index (χ1n) is 11.0. The maximum absolute atomic E-state index is 14.2. The molecule has 5 nitrogen and oxygen atoms in total. The zero-order chi connectivity index (χ0) is 26.1. The van der Waals surface area contributed by atoms with Crippen molar-refractivity contribution < 1.29 is 23.5 Å². The maximum Gasteiger partial charge on any atom is 0.344 e. The van der Waals surface area contributed by atoms with Crippen LogP contribution in [0.1, 0.15) is 21.5 Å². The second kappa shape index (κ2) is 10.5. The van der Waals surface area contributed by atoms with Gasteiger partial charge < -0.3 is 4.74 Å². The fourth-order valence-corrected chi connectivity index (χ4v) is 5.33. The maximum atomic E-state index is 14.2. The molecule has 1 heterocycles. The molecule has 0 N–H and O–H groups in total. The number of hydrogen-bond acceptors (Lipinski definition) is 5. The Kier molecular flexibility index (Phi) is 7.15. The molecule has 5 rings (SSSR count). The Balaban J connectivity index is 1.44. The number of rotatable bonds is 5. The van der Waals surface area contributed by atoms with Gasteiger partial charge in [0.05, 0.1) is 17.0 Å². The number of thioether (sulfide) groups is 1. The molecule has 0 spiro atoms. The number of halogens is 3. The van der Waals surface area contributed by atoms with Crippen LogP contribution >= 0.6 is 39.3 Å². The molecular formula is C28H16BrClFNO4S. The number of nitrogens with zero attached hydrogens (tertiary/aromatic N) is 1. The SMILES string of the molecule is O=C(Oc1ccc(Br)cc1/C=C1\SC(=O)N(Cc2c(F)cccc2Cl)C1=O)c1cccc2ccccc12. The molecule has 184 valence electrons. The lowest BCUT2D eigenvalue weighted by atomic mass is 10.0. The van der Waals surface area contributed by atoms with Gasteiger partial charge in [-0.1, -0.05) is 70.0 Å². The van der Waals surface area contributed by atoms with Crippen molar-refractivity contribution in [3.05, 3.63) is 116 Å². The van der Waals surface area contributed by atoms with Crippen LogP contribution in [0, 0.1) is 5.82 Å². The van der Waals surface area contributed by atoms with Crippen LogP contribution < -0.4 is 4.74 Å². The molecule has 0 aromatic heterocycles. The van der Waals surface area contributed by atoms with Gasteiger partial charge in [0.25, 0.3) is 11.1 Å². The van der Waals surface area contributed by atoms with Gasteiger partial charge in [-0.05, 0) is 65.0 Å². The van der Waals surface area contributed by atoms with E-state index >= 15 is 0 Å². The van der Waals surface area contributed by atoms with E-state index in [9.17, 15) is 18.8 Å². The largest absolute Gasteiger partial charge is 0.422 e. The fraction of sp³-hybridized carbons (Fsp3) is 0.0357. The lowest BCUT2D eigenvalue weighted by Crippen LogP contribution is -2.28. The van der Waals surface area contributed by atoms with Gasteiger partial charge >= 0.3 is 5.97 Å². The molecule has 4 aromatic carbocycles. The van der Waals surface area contributed by atoms with Gasteiger partial charge in [-0.2, -0.15) is 0 Å². The summed E-state index contributed by atoms with van der Waals surface area (Å²) in [7, 11) is 0. The van der Waals surface area contributed by atoms with E-state index in [1.54, 1.807) is 30.3 Å². The number of imide groups is 1. The summed E-state index contributed by atoms with van der Waals surface area (Å²) in [6.45, 7) is -0.297. The molecule has 2 amide bonds. The first kappa shape index (κ1) is 25.2. The number of carbonyl (C=O) groups excluding carboxylic acids is 3. The van der Waals surface area contributed by atoms with Crippen molar-refractivity contribution >= 4 is 73.3 Å². The lowest BCUT2D eigenvalue weighted by Gasteiger charge is -2.14. The van der Waals surface area contributed by atoms with E-state index in [1.807, 2.05) is 30.3 Å². The first-order chi connectivity index (χ1) is 17.8. The fourth-order valence-electron chi connectivity index (χ4n) is 3.90. The quantitative estimate of drug-likeness (QED) is 0.133. The van der Waals surface area contributed by atoms with Gasteiger partial charge in [0.1, 0.15) is 11.6 Å². The molecule has 0 radical (unpaired) electrons. The highest BCUT2D eigenvalue weighted by Crippen LogP contribution is 2.37. The molecule has 1 aliphatic heterocycles. The summed E-state index contributed by atoms with van der Waals surface area (Å²) in [6.07, 6.45) is 1.48. The zero-order valence-electron chi connectivity index (χ0n) is 18.9. The third kappa shape index (κ3) is 5.18. The van der Waals surface area contributed by atoms with Gasteiger partial charge in [-0.15, -0.1) is 0 Å². The summed E-state index contributed by atoms with van der Waals surface area (Å²) in [5, 5.41) is 1.22. The van der Waals surface area contributed by atoms with E-state index in [2.05, 4.69) is 15.9 Å². The molecule has 0 unspecified atom stereocenters. The Hall–Kier alpha value is -3.46. The van der Waals surface area contributed by atoms with Gasteiger partial charge in [-0.3, -0.25) is 14.5 Å². The number of carbonyl (C=O) groups is 3. The molecule has 0 saturated carbocycles. The highest BCUT2D eigenvalue weighted by Gasteiger charge is 2.36. The van der Waals surface area contributed by atoms with Crippen molar-refractivity contribution in [3.8, 4) is 5.75 Å². The molecular weight excluding hydrogens is 581 g/mol. The highest BCUT2D eigenvalue weighted by molar-refractivity contribution is 9.10. The monoisotopic (exact) mass is 595 g/mol. The van der Waals surface area contributed by atoms with Gasteiger partial charge in [-0.25, -0.2) is 9.18 Å². The number of benzene rings is 4. The van der Waals surface area contributed by atoms with Gasteiger partial charge in [0.15, 0.2) is 0 Å². The van der Waals surface area contributed by atoms with Crippen molar-refractivity contribution in [1.29, 1.82) is 0 Å². The third-order valence-electron chi connectivity index (χ3n) is 5.72. The first-order valence-corrected chi connectivity index (χ1v) is 13.0. The minimum absolute atomic E-state index is 0.0554. The van der Waals surface area contributed by atoms with Gasteiger partial charge in [0.2, 0.25) is 0 Å². The van der Waals surface area contributed by atoms with Crippen molar-refractivity contribution in [2.24, 2.45) is 0 Å². The van der Waals surface area contributed by atoms with Crippen molar-refractivity contribution in [2.75, 3.05) is 0 Å². The van der Waals surface area contributed by atoms with Crippen LogP contribution in [-0.4, -0.2) is 22.0 Å². The number of amides is 2. The predicted octanol–water partition coefficient (Wildman–Crippen LogP) is 7.85. The van der Waals surface area contributed by atoms with Crippen LogP contribution in [-0.2, 0) is 11.3 Å². The summed E-state index contributed by atoms with van der Waals surface area (Å²) in [5.41, 5.74) is 0.867. The molecule has 0 atom stereocenters. The summed E-state index contributed by atoms with van der Waals surface area (Å²) in [6, 6.07) is 22.0. The number of fused-ring (bicyclic) bond motifs is 1. The van der Waals surface area contributed by atoms with Crippen molar-refractivity contribution in [1.82, 2.24) is 4.90 Å².